The lowest BCUT2D eigenvalue weighted by Gasteiger charge is -2.57. The molecule has 2 atom stereocenters. The van der Waals surface area contributed by atoms with Crippen molar-refractivity contribution >= 4 is 17.4 Å². The molecule has 2 bridgehead atoms. The molecule has 1 aromatic rings. The molecule has 2 N–H and O–H groups in total. The summed E-state index contributed by atoms with van der Waals surface area (Å²) in [4.78, 5) is 26.1. The molecular formula is C25H32N2O3. The van der Waals surface area contributed by atoms with Gasteiger partial charge in [0, 0.05) is 16.6 Å². The summed E-state index contributed by atoms with van der Waals surface area (Å²) in [6, 6.07) is 8.83. The summed E-state index contributed by atoms with van der Waals surface area (Å²) < 4.78 is 0. The van der Waals surface area contributed by atoms with Gasteiger partial charge in [-0.2, -0.15) is 5.10 Å². The van der Waals surface area contributed by atoms with E-state index in [-0.39, 0.29) is 22.5 Å². The van der Waals surface area contributed by atoms with E-state index in [0.29, 0.717) is 36.1 Å². The molecule has 1 saturated carbocycles. The summed E-state index contributed by atoms with van der Waals surface area (Å²) in [6.45, 7) is 10.6. The van der Waals surface area contributed by atoms with Crippen LogP contribution in [0.15, 0.2) is 46.6 Å². The van der Waals surface area contributed by atoms with Gasteiger partial charge in [-0.1, -0.05) is 58.4 Å². The maximum absolute atomic E-state index is 13.6. The maximum atomic E-state index is 13.6. The standard InChI is InChI=1S/C25H32N2O3/c1-22(2)13-24(5)12-17-11-23(3,4)20(19(28)18(17)25(30,14-22)15-24)26-27-21(29)16-9-7-6-8-10-16/h6-10,30H,11-15H2,1-5H3,(H,27,29)/b26-20-. The van der Waals surface area contributed by atoms with Gasteiger partial charge >= 0.3 is 0 Å². The Bertz CT molecular complexity index is 973. The van der Waals surface area contributed by atoms with Gasteiger partial charge in [0.25, 0.3) is 5.91 Å². The second-order valence-corrected chi connectivity index (χ2v) is 11.3. The monoisotopic (exact) mass is 408 g/mol. The number of fused-ring (bicyclic) bond motifs is 3. The predicted octanol–water partition coefficient (Wildman–Crippen LogP) is 4.42. The highest BCUT2D eigenvalue weighted by Crippen LogP contribution is 2.61. The van der Waals surface area contributed by atoms with Crippen LogP contribution in [0, 0.1) is 16.2 Å². The highest BCUT2D eigenvalue weighted by atomic mass is 16.3. The molecule has 0 aromatic heterocycles. The number of nitrogens with one attached hydrogen (secondary N) is 1. The van der Waals surface area contributed by atoms with Crippen molar-refractivity contribution in [3.8, 4) is 0 Å². The van der Waals surface area contributed by atoms with Gasteiger partial charge < -0.3 is 5.11 Å². The summed E-state index contributed by atoms with van der Waals surface area (Å²) in [7, 11) is 0. The molecular weight excluding hydrogens is 376 g/mol. The Kier molecular flexibility index (Phi) is 4.62. The van der Waals surface area contributed by atoms with Crippen LogP contribution >= 0.6 is 0 Å². The summed E-state index contributed by atoms with van der Waals surface area (Å²) in [6.07, 6.45) is 3.74. The number of Topliss-reactive ketones (excluding diaryl/α,β-unsaturated/α-hetero) is 1. The zero-order valence-corrected chi connectivity index (χ0v) is 18.6. The van der Waals surface area contributed by atoms with Crippen LogP contribution in [0.3, 0.4) is 0 Å². The molecule has 0 aliphatic heterocycles. The van der Waals surface area contributed by atoms with Crippen LogP contribution in [0.25, 0.3) is 0 Å². The Labute approximate surface area is 178 Å². The van der Waals surface area contributed by atoms with E-state index < -0.39 is 11.0 Å². The van der Waals surface area contributed by atoms with Gasteiger partial charge in [0.1, 0.15) is 5.71 Å². The van der Waals surface area contributed by atoms with Crippen LogP contribution in [0.4, 0.5) is 0 Å². The van der Waals surface area contributed by atoms with Crippen molar-refractivity contribution in [2.24, 2.45) is 21.3 Å². The maximum Gasteiger partial charge on any atom is 0.271 e. The SMILES string of the molecule is CC1(C)CC2(C)CC3=C(C(=O)/C(=N/NC(=O)c4ccccc4)C(C)(C)C3)C(O)(C1)C2. The van der Waals surface area contributed by atoms with Gasteiger partial charge in [-0.3, -0.25) is 9.59 Å². The third-order valence-electron chi connectivity index (χ3n) is 6.90. The number of hydrogen-bond acceptors (Lipinski definition) is 4. The number of aliphatic hydroxyl groups is 1. The van der Waals surface area contributed by atoms with E-state index in [1.807, 2.05) is 19.9 Å². The summed E-state index contributed by atoms with van der Waals surface area (Å²) in [5.41, 5.74) is 3.33. The first-order valence-electron chi connectivity index (χ1n) is 10.8. The highest BCUT2D eigenvalue weighted by Gasteiger charge is 2.58. The Morgan fingerprint density at radius 1 is 1.00 bits per heavy atom. The Balaban J connectivity index is 1.71. The summed E-state index contributed by atoms with van der Waals surface area (Å²) in [5.74, 6) is -0.558. The second kappa shape index (κ2) is 6.61. The third kappa shape index (κ3) is 3.53. The molecule has 0 saturated heterocycles. The minimum absolute atomic E-state index is 0.00185. The average Bonchev–Trinajstić information content (AvgIpc) is 2.57. The number of carbonyl (C=O) groups is 2. The average molecular weight is 409 g/mol. The lowest BCUT2D eigenvalue weighted by atomic mass is 9.49. The number of ketones is 1. The molecule has 3 aliphatic carbocycles. The molecule has 0 spiro atoms. The minimum atomic E-state index is -1.12. The first-order chi connectivity index (χ1) is 13.8. The van der Waals surface area contributed by atoms with E-state index >= 15 is 0 Å². The van der Waals surface area contributed by atoms with Crippen LogP contribution in [0.2, 0.25) is 0 Å². The van der Waals surface area contributed by atoms with E-state index in [0.717, 1.165) is 18.4 Å². The van der Waals surface area contributed by atoms with Gasteiger partial charge in [0.05, 0.1) is 5.60 Å². The van der Waals surface area contributed by atoms with Crippen molar-refractivity contribution in [2.75, 3.05) is 0 Å². The fourth-order valence-corrected chi connectivity index (χ4v) is 6.60. The lowest BCUT2D eigenvalue weighted by Crippen LogP contribution is -2.56. The Morgan fingerprint density at radius 2 is 1.67 bits per heavy atom. The Morgan fingerprint density at radius 3 is 2.33 bits per heavy atom. The van der Waals surface area contributed by atoms with Gasteiger partial charge in [0.15, 0.2) is 0 Å². The fourth-order valence-electron chi connectivity index (χ4n) is 6.60. The van der Waals surface area contributed by atoms with Crippen molar-refractivity contribution in [3.05, 3.63) is 47.0 Å². The van der Waals surface area contributed by atoms with Crippen LogP contribution in [0.1, 0.15) is 77.1 Å². The quantitative estimate of drug-likeness (QED) is 0.711. The number of nitrogens with zero attached hydrogens (tertiary/aromatic N) is 1. The number of carbonyl (C=O) groups excluding carboxylic acids is 2. The van der Waals surface area contributed by atoms with Crippen LogP contribution < -0.4 is 5.43 Å². The van der Waals surface area contributed by atoms with E-state index in [4.69, 9.17) is 0 Å². The fraction of sp³-hybridized carbons (Fsp3) is 0.560. The van der Waals surface area contributed by atoms with Gasteiger partial charge in [-0.25, -0.2) is 5.43 Å². The van der Waals surface area contributed by atoms with E-state index in [1.165, 1.54) is 0 Å². The van der Waals surface area contributed by atoms with Crippen LogP contribution in [0.5, 0.6) is 0 Å². The number of rotatable bonds is 2. The van der Waals surface area contributed by atoms with Crippen molar-refractivity contribution in [1.82, 2.24) is 5.43 Å². The molecule has 4 rings (SSSR count). The molecule has 1 fully saturated rings. The van der Waals surface area contributed by atoms with Crippen molar-refractivity contribution in [3.63, 3.8) is 0 Å². The van der Waals surface area contributed by atoms with Crippen molar-refractivity contribution in [2.45, 2.75) is 72.3 Å². The Hall–Kier alpha value is -2.27. The molecule has 3 aliphatic rings. The van der Waals surface area contributed by atoms with E-state index in [9.17, 15) is 14.7 Å². The highest BCUT2D eigenvalue weighted by molar-refractivity contribution is 6.48. The molecule has 5 nitrogen and oxygen atoms in total. The summed E-state index contributed by atoms with van der Waals surface area (Å²) >= 11 is 0. The third-order valence-corrected chi connectivity index (χ3v) is 6.90. The van der Waals surface area contributed by atoms with E-state index in [1.54, 1.807) is 24.3 Å². The van der Waals surface area contributed by atoms with E-state index in [2.05, 4.69) is 31.3 Å². The van der Waals surface area contributed by atoms with Gasteiger partial charge in [0.2, 0.25) is 5.78 Å². The predicted molar refractivity (Wildman–Crippen MR) is 117 cm³/mol. The summed E-state index contributed by atoms with van der Waals surface area (Å²) in [5, 5.41) is 16.0. The first-order valence-corrected chi connectivity index (χ1v) is 10.8. The molecule has 5 heteroatoms. The molecule has 0 heterocycles. The molecule has 1 aromatic carbocycles. The van der Waals surface area contributed by atoms with Crippen LogP contribution in [-0.4, -0.2) is 28.1 Å². The largest absolute Gasteiger partial charge is 0.385 e. The van der Waals surface area contributed by atoms with Crippen LogP contribution in [-0.2, 0) is 4.79 Å². The zero-order valence-electron chi connectivity index (χ0n) is 18.6. The molecule has 1 amide bonds. The first kappa shape index (κ1) is 21.0. The normalized spacial score (nSPS) is 33.3. The molecule has 0 radical (unpaired) electrons. The number of hydrazone groups is 1. The van der Waals surface area contributed by atoms with Gasteiger partial charge in [-0.05, 0) is 55.1 Å². The number of benzene rings is 1. The lowest BCUT2D eigenvalue weighted by molar-refractivity contribution is -0.119. The van der Waals surface area contributed by atoms with Gasteiger partial charge in [-0.15, -0.1) is 0 Å². The van der Waals surface area contributed by atoms with Crippen molar-refractivity contribution in [1.29, 1.82) is 0 Å². The number of amides is 1. The van der Waals surface area contributed by atoms with Crippen molar-refractivity contribution < 1.29 is 14.7 Å². The topological polar surface area (TPSA) is 78.8 Å². The smallest absolute Gasteiger partial charge is 0.271 e. The molecule has 30 heavy (non-hydrogen) atoms. The molecule has 160 valence electrons. The number of hydrogen-bond donors (Lipinski definition) is 2. The molecule has 2 unspecified atom stereocenters. The minimum Gasteiger partial charge on any atom is -0.385 e. The zero-order chi connectivity index (χ0) is 21.9. The number of allylic oxidation sites excluding steroid dienone is 1. The second-order valence-electron chi connectivity index (χ2n) is 11.3.